The molecule has 1 aliphatic rings. The maximum Gasteiger partial charge on any atom is 0.255 e. The number of anilines is 1. The zero-order valence-corrected chi connectivity index (χ0v) is 11.8. The minimum Gasteiger partial charge on any atom is -0.337 e. The van der Waals surface area contributed by atoms with Crippen LogP contribution in [0.2, 0.25) is 5.02 Å². The smallest absolute Gasteiger partial charge is 0.255 e. The fourth-order valence-corrected chi connectivity index (χ4v) is 2.41. The Morgan fingerprint density at radius 2 is 2.37 bits per heavy atom. The first-order valence-corrected chi connectivity index (χ1v) is 6.48. The van der Waals surface area contributed by atoms with Crippen LogP contribution < -0.4 is 11.3 Å². The lowest BCUT2D eigenvalue weighted by Crippen LogP contribution is -2.34. The minimum absolute atomic E-state index is 0.0395. The fourth-order valence-electron chi connectivity index (χ4n) is 2.19. The van der Waals surface area contributed by atoms with Gasteiger partial charge in [0.05, 0.1) is 10.6 Å². The lowest BCUT2D eigenvalue weighted by atomic mass is 10.2. The van der Waals surface area contributed by atoms with Gasteiger partial charge in [-0.1, -0.05) is 11.6 Å². The van der Waals surface area contributed by atoms with E-state index >= 15 is 0 Å². The molecule has 19 heavy (non-hydrogen) atoms. The van der Waals surface area contributed by atoms with Gasteiger partial charge in [-0.25, -0.2) is 10.8 Å². The van der Waals surface area contributed by atoms with Gasteiger partial charge >= 0.3 is 0 Å². The van der Waals surface area contributed by atoms with E-state index in [0.29, 0.717) is 22.4 Å². The summed E-state index contributed by atoms with van der Waals surface area (Å²) in [6, 6.07) is 2.01. The van der Waals surface area contributed by atoms with Gasteiger partial charge in [0.2, 0.25) is 0 Å². The molecule has 0 aromatic carbocycles. The summed E-state index contributed by atoms with van der Waals surface area (Å²) in [6.45, 7) is 1.50. The SMILES string of the molecule is CN(C)C1CCN(C(=O)c2cnc(NN)c(Cl)c2)C1. The number of nitrogens with one attached hydrogen (secondary N) is 1. The molecule has 7 heteroatoms. The van der Waals surface area contributed by atoms with E-state index in [2.05, 4.69) is 15.3 Å². The first-order valence-electron chi connectivity index (χ1n) is 6.10. The van der Waals surface area contributed by atoms with E-state index in [1.807, 2.05) is 19.0 Å². The van der Waals surface area contributed by atoms with Crippen molar-refractivity contribution in [2.45, 2.75) is 12.5 Å². The highest BCUT2D eigenvalue weighted by Gasteiger charge is 2.28. The molecule has 1 aliphatic heterocycles. The van der Waals surface area contributed by atoms with Gasteiger partial charge in [0, 0.05) is 25.3 Å². The van der Waals surface area contributed by atoms with Crippen molar-refractivity contribution in [3.63, 3.8) is 0 Å². The standard InChI is InChI=1S/C12H18ClN5O/c1-17(2)9-3-4-18(7-9)12(19)8-5-10(13)11(16-14)15-6-8/h5-6,9H,3-4,7,14H2,1-2H3,(H,15,16). The topological polar surface area (TPSA) is 74.5 Å². The van der Waals surface area contributed by atoms with E-state index in [4.69, 9.17) is 17.4 Å². The van der Waals surface area contributed by atoms with Gasteiger partial charge in [0.1, 0.15) is 0 Å². The number of halogens is 1. The van der Waals surface area contributed by atoms with E-state index in [0.717, 1.165) is 19.5 Å². The number of carbonyl (C=O) groups is 1. The highest BCUT2D eigenvalue weighted by atomic mass is 35.5. The van der Waals surface area contributed by atoms with Gasteiger partial charge in [-0.05, 0) is 26.6 Å². The molecule has 1 fully saturated rings. The average Bonchev–Trinajstić information content (AvgIpc) is 2.87. The summed E-state index contributed by atoms with van der Waals surface area (Å²) in [5, 5.41) is 0.344. The highest BCUT2D eigenvalue weighted by molar-refractivity contribution is 6.33. The molecule has 0 radical (unpaired) electrons. The molecule has 1 aromatic heterocycles. The number of nitrogens with two attached hydrogens (primary N) is 1. The van der Waals surface area contributed by atoms with Gasteiger partial charge in [-0.3, -0.25) is 4.79 Å². The Bertz CT molecular complexity index is 479. The molecule has 2 heterocycles. The number of likely N-dealkylation sites (N-methyl/N-ethyl adjacent to an activating group) is 1. The van der Waals surface area contributed by atoms with Crippen molar-refractivity contribution in [2.24, 2.45) is 5.84 Å². The maximum atomic E-state index is 12.3. The number of aromatic nitrogens is 1. The van der Waals surface area contributed by atoms with Crippen LogP contribution in [0.3, 0.4) is 0 Å². The second-order valence-electron chi connectivity index (χ2n) is 4.86. The molecular weight excluding hydrogens is 266 g/mol. The molecule has 3 N–H and O–H groups in total. The third-order valence-corrected chi connectivity index (χ3v) is 3.69. The Morgan fingerprint density at radius 3 is 2.89 bits per heavy atom. The van der Waals surface area contributed by atoms with Crippen molar-refractivity contribution in [3.05, 3.63) is 22.8 Å². The van der Waals surface area contributed by atoms with E-state index < -0.39 is 0 Å². The number of hydrogen-bond donors (Lipinski definition) is 2. The Labute approximate surface area is 117 Å². The minimum atomic E-state index is -0.0395. The van der Waals surface area contributed by atoms with Crippen LogP contribution >= 0.6 is 11.6 Å². The predicted octanol–water partition coefficient (Wildman–Crippen LogP) is 0.797. The number of rotatable bonds is 3. The largest absolute Gasteiger partial charge is 0.337 e. The Morgan fingerprint density at radius 1 is 1.63 bits per heavy atom. The molecule has 0 saturated carbocycles. The third-order valence-electron chi connectivity index (χ3n) is 3.41. The number of likely N-dealkylation sites (tertiary alicyclic amines) is 1. The maximum absolute atomic E-state index is 12.3. The van der Waals surface area contributed by atoms with Crippen molar-refractivity contribution in [1.82, 2.24) is 14.8 Å². The van der Waals surface area contributed by atoms with Crippen LogP contribution in [0.25, 0.3) is 0 Å². The number of hydrazine groups is 1. The molecule has 2 rings (SSSR count). The molecule has 1 amide bonds. The summed E-state index contributed by atoms with van der Waals surface area (Å²) in [6.07, 6.45) is 2.48. The van der Waals surface area contributed by atoms with Crippen LogP contribution in [0.4, 0.5) is 5.82 Å². The molecule has 6 nitrogen and oxygen atoms in total. The summed E-state index contributed by atoms with van der Waals surface area (Å²) in [4.78, 5) is 20.3. The van der Waals surface area contributed by atoms with Crippen molar-refractivity contribution in [1.29, 1.82) is 0 Å². The second-order valence-corrected chi connectivity index (χ2v) is 5.26. The Hall–Kier alpha value is -1.37. The molecule has 0 spiro atoms. The zero-order chi connectivity index (χ0) is 14.0. The van der Waals surface area contributed by atoms with Crippen LogP contribution in [-0.2, 0) is 0 Å². The van der Waals surface area contributed by atoms with Gasteiger partial charge in [-0.2, -0.15) is 0 Å². The predicted molar refractivity (Wildman–Crippen MR) is 75.1 cm³/mol. The number of carbonyl (C=O) groups excluding carboxylic acids is 1. The van der Waals surface area contributed by atoms with Crippen LogP contribution in [0, 0.1) is 0 Å². The zero-order valence-electron chi connectivity index (χ0n) is 11.1. The number of hydrogen-bond acceptors (Lipinski definition) is 5. The average molecular weight is 284 g/mol. The van der Waals surface area contributed by atoms with Gasteiger partial charge in [0.25, 0.3) is 5.91 Å². The summed E-state index contributed by atoms with van der Waals surface area (Å²) in [7, 11) is 4.05. The lowest BCUT2D eigenvalue weighted by molar-refractivity contribution is 0.0782. The second kappa shape index (κ2) is 5.73. The molecule has 0 aliphatic carbocycles. The molecule has 1 unspecified atom stereocenters. The summed E-state index contributed by atoms with van der Waals surface area (Å²) in [5.74, 6) is 5.58. The lowest BCUT2D eigenvalue weighted by Gasteiger charge is -2.20. The van der Waals surface area contributed by atoms with Gasteiger partial charge in [-0.15, -0.1) is 0 Å². The Balaban J connectivity index is 2.10. The van der Waals surface area contributed by atoms with E-state index in [1.165, 1.54) is 6.20 Å². The van der Waals surface area contributed by atoms with Crippen molar-refractivity contribution in [2.75, 3.05) is 32.6 Å². The Kier molecular flexibility index (Phi) is 4.24. The quantitative estimate of drug-likeness (QED) is 0.634. The van der Waals surface area contributed by atoms with Crippen molar-refractivity contribution in [3.8, 4) is 0 Å². The third kappa shape index (κ3) is 2.97. The van der Waals surface area contributed by atoms with E-state index in [-0.39, 0.29) is 5.91 Å². The first kappa shape index (κ1) is 14.0. The van der Waals surface area contributed by atoms with Gasteiger partial charge < -0.3 is 15.2 Å². The number of amides is 1. The molecular formula is C12H18ClN5O. The number of nitrogens with zero attached hydrogens (tertiary/aromatic N) is 3. The fraction of sp³-hybridized carbons (Fsp3) is 0.500. The van der Waals surface area contributed by atoms with E-state index in [9.17, 15) is 4.79 Å². The van der Waals surface area contributed by atoms with Gasteiger partial charge in [0.15, 0.2) is 5.82 Å². The number of nitrogen functional groups attached to an aromatic ring is 1. The molecule has 1 saturated heterocycles. The van der Waals surface area contributed by atoms with Crippen LogP contribution in [-0.4, -0.2) is 53.9 Å². The van der Waals surface area contributed by atoms with Crippen molar-refractivity contribution >= 4 is 23.3 Å². The first-order chi connectivity index (χ1) is 9.02. The summed E-state index contributed by atoms with van der Waals surface area (Å²) < 4.78 is 0. The van der Waals surface area contributed by atoms with Crippen LogP contribution in [0.1, 0.15) is 16.8 Å². The molecule has 1 atom stereocenters. The van der Waals surface area contributed by atoms with Crippen molar-refractivity contribution < 1.29 is 4.79 Å². The molecule has 104 valence electrons. The summed E-state index contributed by atoms with van der Waals surface area (Å²) in [5.41, 5.74) is 2.87. The summed E-state index contributed by atoms with van der Waals surface area (Å²) >= 11 is 5.98. The van der Waals surface area contributed by atoms with E-state index in [1.54, 1.807) is 6.07 Å². The normalized spacial score (nSPS) is 19.0. The van der Waals surface area contributed by atoms with Crippen LogP contribution in [0.5, 0.6) is 0 Å². The highest BCUT2D eigenvalue weighted by Crippen LogP contribution is 2.21. The number of pyridine rings is 1. The molecule has 0 bridgehead atoms. The van der Waals surface area contributed by atoms with Crippen LogP contribution in [0.15, 0.2) is 12.3 Å². The monoisotopic (exact) mass is 283 g/mol. The molecule has 1 aromatic rings.